The van der Waals surface area contributed by atoms with Gasteiger partial charge >= 0.3 is 0 Å². The summed E-state index contributed by atoms with van der Waals surface area (Å²) in [6.45, 7) is 5.26. The molecule has 0 spiro atoms. The summed E-state index contributed by atoms with van der Waals surface area (Å²) in [5, 5.41) is 0. The first-order chi connectivity index (χ1) is 11.0. The van der Waals surface area contributed by atoms with E-state index in [2.05, 4.69) is 4.72 Å². The van der Waals surface area contributed by atoms with Gasteiger partial charge in [-0.15, -0.1) is 0 Å². The van der Waals surface area contributed by atoms with Crippen molar-refractivity contribution in [1.29, 1.82) is 0 Å². The number of hydrogen-bond acceptors (Lipinski definition) is 3. The van der Waals surface area contributed by atoms with Gasteiger partial charge in [-0.3, -0.25) is 4.79 Å². The highest BCUT2D eigenvalue weighted by atomic mass is 32.2. The third-order valence-corrected chi connectivity index (χ3v) is 5.84. The van der Waals surface area contributed by atoms with Gasteiger partial charge < -0.3 is 4.90 Å². The summed E-state index contributed by atoms with van der Waals surface area (Å²) < 4.78 is 27.3. The summed E-state index contributed by atoms with van der Waals surface area (Å²) in [7, 11) is -3.55. The third kappa shape index (κ3) is 4.54. The zero-order chi connectivity index (χ0) is 16.9. The van der Waals surface area contributed by atoms with Crippen molar-refractivity contribution >= 4 is 15.9 Å². The van der Waals surface area contributed by atoms with Crippen LogP contribution in [0.25, 0.3) is 0 Å². The highest BCUT2D eigenvalue weighted by molar-refractivity contribution is 7.89. The number of sulfonamides is 1. The number of hydrogen-bond donors (Lipinski definition) is 1. The number of rotatable bonds is 7. The minimum atomic E-state index is -3.55. The van der Waals surface area contributed by atoms with Gasteiger partial charge in [-0.25, -0.2) is 13.1 Å². The molecule has 0 saturated heterocycles. The van der Waals surface area contributed by atoms with Crippen LogP contribution in [0.2, 0.25) is 0 Å². The molecule has 1 N–H and O–H groups in total. The quantitative estimate of drug-likeness (QED) is 0.828. The van der Waals surface area contributed by atoms with Crippen LogP contribution in [0.15, 0.2) is 23.1 Å². The number of nitrogens with zero attached hydrogens (tertiary/aromatic N) is 1. The Balaban J connectivity index is 1.98. The monoisotopic (exact) mass is 338 g/mol. The molecule has 6 heteroatoms. The largest absolute Gasteiger partial charge is 0.343 e. The second kappa shape index (κ2) is 7.93. The van der Waals surface area contributed by atoms with Crippen LogP contribution in [-0.4, -0.2) is 38.9 Å². The Morgan fingerprint density at radius 1 is 1.13 bits per heavy atom. The van der Waals surface area contributed by atoms with E-state index >= 15 is 0 Å². The van der Waals surface area contributed by atoms with Crippen molar-refractivity contribution in [1.82, 2.24) is 9.62 Å². The Hall–Kier alpha value is -1.40. The van der Waals surface area contributed by atoms with Gasteiger partial charge in [0, 0.05) is 26.1 Å². The van der Waals surface area contributed by atoms with Gasteiger partial charge in [0.2, 0.25) is 15.9 Å². The van der Waals surface area contributed by atoms with Gasteiger partial charge in [-0.2, -0.15) is 0 Å². The first kappa shape index (κ1) is 17.9. The van der Waals surface area contributed by atoms with Crippen LogP contribution >= 0.6 is 0 Å². The van der Waals surface area contributed by atoms with Crippen molar-refractivity contribution < 1.29 is 13.2 Å². The van der Waals surface area contributed by atoms with Gasteiger partial charge in [0.25, 0.3) is 0 Å². The van der Waals surface area contributed by atoms with Crippen molar-refractivity contribution in [2.45, 2.75) is 50.8 Å². The molecule has 0 heterocycles. The second-order valence-corrected chi connectivity index (χ2v) is 7.62. The molecule has 0 radical (unpaired) electrons. The summed E-state index contributed by atoms with van der Waals surface area (Å²) in [4.78, 5) is 13.9. The van der Waals surface area contributed by atoms with E-state index in [1.165, 1.54) is 12.0 Å². The number of fused-ring (bicyclic) bond motifs is 1. The van der Waals surface area contributed by atoms with E-state index in [9.17, 15) is 13.2 Å². The highest BCUT2D eigenvalue weighted by Gasteiger charge is 2.18. The lowest BCUT2D eigenvalue weighted by molar-refractivity contribution is -0.130. The number of amides is 1. The van der Waals surface area contributed by atoms with Crippen LogP contribution in [0, 0.1) is 0 Å². The van der Waals surface area contributed by atoms with Crippen molar-refractivity contribution in [2.75, 3.05) is 19.6 Å². The van der Waals surface area contributed by atoms with Crippen LogP contribution in [0.3, 0.4) is 0 Å². The Labute approximate surface area is 139 Å². The number of carbonyl (C=O) groups is 1. The summed E-state index contributed by atoms with van der Waals surface area (Å²) in [5.74, 6) is -0.0249. The van der Waals surface area contributed by atoms with E-state index in [1.54, 1.807) is 17.0 Å². The molecule has 0 fully saturated rings. The molecule has 0 bridgehead atoms. The van der Waals surface area contributed by atoms with Crippen molar-refractivity contribution in [3.8, 4) is 0 Å². The molecule has 1 aromatic carbocycles. The standard InChI is InChI=1S/C17H26N2O3S/c1-3-19(4-2)17(20)11-12-18-23(21,22)16-10-9-14-7-5-6-8-15(14)13-16/h9-10,13,18H,3-8,11-12H2,1-2H3. The highest BCUT2D eigenvalue weighted by Crippen LogP contribution is 2.23. The van der Waals surface area contributed by atoms with Crippen molar-refractivity contribution in [3.63, 3.8) is 0 Å². The molecule has 1 aliphatic rings. The molecule has 2 rings (SSSR count). The molecular formula is C17H26N2O3S. The molecule has 0 aliphatic heterocycles. The van der Waals surface area contributed by atoms with E-state index in [-0.39, 0.29) is 18.9 Å². The first-order valence-electron chi connectivity index (χ1n) is 8.37. The number of carbonyl (C=O) groups excluding carboxylic acids is 1. The molecule has 1 aliphatic carbocycles. The lowest BCUT2D eigenvalue weighted by atomic mass is 9.92. The number of benzene rings is 1. The molecule has 23 heavy (non-hydrogen) atoms. The van der Waals surface area contributed by atoms with Crippen LogP contribution in [0.5, 0.6) is 0 Å². The third-order valence-electron chi connectivity index (χ3n) is 4.38. The average molecular weight is 338 g/mol. The molecule has 0 aromatic heterocycles. The van der Waals surface area contributed by atoms with Crippen LogP contribution in [0.1, 0.15) is 44.2 Å². The number of aryl methyl sites for hydroxylation is 2. The van der Waals surface area contributed by atoms with E-state index < -0.39 is 10.0 Å². The SMILES string of the molecule is CCN(CC)C(=O)CCNS(=O)(=O)c1ccc2c(c1)CCCC2. The molecule has 0 saturated carbocycles. The minimum absolute atomic E-state index is 0.0249. The normalized spacial score (nSPS) is 14.3. The minimum Gasteiger partial charge on any atom is -0.343 e. The van der Waals surface area contributed by atoms with E-state index in [0.29, 0.717) is 18.0 Å². The summed E-state index contributed by atoms with van der Waals surface area (Å²) >= 11 is 0. The lowest BCUT2D eigenvalue weighted by Gasteiger charge is -2.19. The van der Waals surface area contributed by atoms with E-state index in [1.807, 2.05) is 19.9 Å². The maximum Gasteiger partial charge on any atom is 0.240 e. The molecule has 0 unspecified atom stereocenters. The average Bonchev–Trinajstić information content (AvgIpc) is 2.55. The van der Waals surface area contributed by atoms with Gasteiger partial charge in [0.05, 0.1) is 4.90 Å². The topological polar surface area (TPSA) is 66.5 Å². The summed E-state index contributed by atoms with van der Waals surface area (Å²) in [6, 6.07) is 5.37. The van der Waals surface area contributed by atoms with Gasteiger partial charge in [-0.05, 0) is 62.8 Å². The predicted molar refractivity (Wildman–Crippen MR) is 90.8 cm³/mol. The fraction of sp³-hybridized carbons (Fsp3) is 0.588. The summed E-state index contributed by atoms with van der Waals surface area (Å²) in [5.41, 5.74) is 2.39. The zero-order valence-electron chi connectivity index (χ0n) is 14.0. The number of nitrogens with one attached hydrogen (secondary N) is 1. The van der Waals surface area contributed by atoms with Crippen LogP contribution in [0.4, 0.5) is 0 Å². The molecule has 1 aromatic rings. The Morgan fingerprint density at radius 3 is 2.43 bits per heavy atom. The van der Waals surface area contributed by atoms with Gasteiger partial charge in [0.15, 0.2) is 0 Å². The summed E-state index contributed by atoms with van der Waals surface area (Å²) in [6.07, 6.45) is 4.44. The van der Waals surface area contributed by atoms with E-state index in [4.69, 9.17) is 0 Å². The second-order valence-electron chi connectivity index (χ2n) is 5.85. The van der Waals surface area contributed by atoms with Gasteiger partial charge in [-0.1, -0.05) is 6.07 Å². The smallest absolute Gasteiger partial charge is 0.240 e. The Morgan fingerprint density at radius 2 is 1.78 bits per heavy atom. The maximum atomic E-state index is 12.4. The van der Waals surface area contributed by atoms with Crippen LogP contribution in [-0.2, 0) is 27.7 Å². The first-order valence-corrected chi connectivity index (χ1v) is 9.85. The maximum absolute atomic E-state index is 12.4. The molecule has 5 nitrogen and oxygen atoms in total. The lowest BCUT2D eigenvalue weighted by Crippen LogP contribution is -2.34. The Kier molecular flexibility index (Phi) is 6.18. The van der Waals surface area contributed by atoms with Crippen molar-refractivity contribution in [2.24, 2.45) is 0 Å². The fourth-order valence-corrected chi connectivity index (χ4v) is 4.07. The molecule has 0 atom stereocenters. The fourth-order valence-electron chi connectivity index (χ4n) is 2.99. The Bertz CT molecular complexity index is 652. The van der Waals surface area contributed by atoms with Crippen LogP contribution < -0.4 is 4.72 Å². The van der Waals surface area contributed by atoms with Gasteiger partial charge in [0.1, 0.15) is 0 Å². The molecule has 1 amide bonds. The zero-order valence-corrected chi connectivity index (χ0v) is 14.8. The predicted octanol–water partition coefficient (Wildman–Crippen LogP) is 2.10. The molecule has 128 valence electrons. The van der Waals surface area contributed by atoms with Crippen molar-refractivity contribution in [3.05, 3.63) is 29.3 Å². The molecular weight excluding hydrogens is 312 g/mol. The van der Waals surface area contributed by atoms with E-state index in [0.717, 1.165) is 24.8 Å².